The molecule has 0 atom stereocenters. The molecule has 1 fully saturated rings. The van der Waals surface area contributed by atoms with E-state index in [-0.39, 0.29) is 24.8 Å². The number of amides is 1. The third kappa shape index (κ3) is 3.49. The van der Waals surface area contributed by atoms with Crippen molar-refractivity contribution >= 4 is 12.0 Å². The van der Waals surface area contributed by atoms with Gasteiger partial charge in [-0.2, -0.15) is 9.78 Å². The Morgan fingerprint density at radius 1 is 1.35 bits per heavy atom. The van der Waals surface area contributed by atoms with E-state index in [4.69, 9.17) is 9.84 Å². The maximum absolute atomic E-state index is 12.8. The lowest BCUT2D eigenvalue weighted by Crippen LogP contribution is -2.39. The van der Waals surface area contributed by atoms with E-state index in [0.29, 0.717) is 17.0 Å². The number of ether oxygens (including phenoxy) is 1. The van der Waals surface area contributed by atoms with Gasteiger partial charge in [-0.3, -0.25) is 4.79 Å². The second-order valence-corrected chi connectivity index (χ2v) is 6.21. The molecule has 0 unspecified atom stereocenters. The number of nitrogens with zero attached hydrogens (tertiary/aromatic N) is 3. The Balaban J connectivity index is 1.99. The van der Waals surface area contributed by atoms with E-state index in [2.05, 4.69) is 5.10 Å². The highest BCUT2D eigenvalue weighted by atomic mass is 16.5. The third-order valence-electron chi connectivity index (χ3n) is 4.37. The molecule has 1 heterocycles. The minimum Gasteiger partial charge on any atom is -0.507 e. The van der Waals surface area contributed by atoms with Crippen molar-refractivity contribution in [3.8, 4) is 22.8 Å². The number of aromatic hydroxyl groups is 1. The van der Waals surface area contributed by atoms with Gasteiger partial charge in [-0.15, -0.1) is 0 Å². The van der Waals surface area contributed by atoms with Gasteiger partial charge in [0.2, 0.25) is 0 Å². The van der Waals surface area contributed by atoms with Gasteiger partial charge in [-0.1, -0.05) is 0 Å². The Hall–Kier alpha value is -3.03. The van der Waals surface area contributed by atoms with Crippen molar-refractivity contribution in [2.24, 2.45) is 0 Å². The lowest BCUT2D eigenvalue weighted by Gasteiger charge is -2.19. The van der Waals surface area contributed by atoms with Gasteiger partial charge in [0.15, 0.2) is 0 Å². The predicted octanol–water partition coefficient (Wildman–Crippen LogP) is 2.52. The van der Waals surface area contributed by atoms with Crippen LogP contribution in [0.25, 0.3) is 11.3 Å². The van der Waals surface area contributed by atoms with Crippen molar-refractivity contribution in [3.05, 3.63) is 30.0 Å². The van der Waals surface area contributed by atoms with Crippen molar-refractivity contribution in [1.82, 2.24) is 14.7 Å². The first kappa shape index (κ1) is 17.8. The molecule has 1 amide bonds. The maximum atomic E-state index is 12.8. The van der Waals surface area contributed by atoms with Gasteiger partial charge >= 0.3 is 12.0 Å². The summed E-state index contributed by atoms with van der Waals surface area (Å²) in [6.45, 7) is 1.60. The van der Waals surface area contributed by atoms with E-state index in [0.717, 1.165) is 18.5 Å². The molecule has 1 aromatic heterocycles. The summed E-state index contributed by atoms with van der Waals surface area (Å²) in [5.41, 5.74) is 1.69. The summed E-state index contributed by atoms with van der Waals surface area (Å²) in [6.07, 6.45) is 1.91. The number of aromatic nitrogens is 2. The van der Waals surface area contributed by atoms with Crippen molar-refractivity contribution in [2.45, 2.75) is 25.7 Å². The van der Waals surface area contributed by atoms with Crippen LogP contribution < -0.4 is 4.74 Å². The van der Waals surface area contributed by atoms with Crippen molar-refractivity contribution in [1.29, 1.82) is 0 Å². The number of rotatable bonds is 6. The van der Waals surface area contributed by atoms with Crippen LogP contribution in [-0.2, 0) is 4.79 Å². The van der Waals surface area contributed by atoms with Gasteiger partial charge in [-0.05, 0) is 38.0 Å². The average Bonchev–Trinajstić information content (AvgIpc) is 3.37. The summed E-state index contributed by atoms with van der Waals surface area (Å²) in [5.74, 6) is -0.332. The van der Waals surface area contributed by atoms with Crippen LogP contribution >= 0.6 is 0 Å². The summed E-state index contributed by atoms with van der Waals surface area (Å²) < 4.78 is 6.35. The second-order valence-electron chi connectivity index (χ2n) is 6.21. The van der Waals surface area contributed by atoms with Gasteiger partial charge in [0, 0.05) is 24.1 Å². The number of carbonyl (C=O) groups excluding carboxylic acids is 1. The summed E-state index contributed by atoms with van der Waals surface area (Å²) in [4.78, 5) is 25.0. The number of phenols is 1. The number of benzene rings is 1. The molecule has 1 saturated carbocycles. The number of hydrogen-bond donors (Lipinski definition) is 2. The molecule has 1 aliphatic rings. The molecular weight excluding hydrogens is 338 g/mol. The van der Waals surface area contributed by atoms with Gasteiger partial charge in [0.1, 0.15) is 18.0 Å². The number of methoxy groups -OCH3 is 1. The lowest BCUT2D eigenvalue weighted by atomic mass is 10.1. The van der Waals surface area contributed by atoms with E-state index < -0.39 is 12.0 Å². The standard InChI is InChI=1S/C18H21N3O5/c1-3-20(10-17(23)24)18(25)21-15(11-4-5-11)9-14(19-21)13-7-6-12(26-2)8-16(13)22/h6-9,11,22H,3-5,10H2,1-2H3,(H,23,24). The number of carboxylic acid groups (broad SMARTS) is 1. The Morgan fingerprint density at radius 3 is 2.62 bits per heavy atom. The Labute approximate surface area is 150 Å². The normalized spacial score (nSPS) is 13.5. The number of carbonyl (C=O) groups is 2. The minimum absolute atomic E-state index is 0.00156. The largest absolute Gasteiger partial charge is 0.507 e. The Kier molecular flexibility index (Phi) is 4.83. The highest BCUT2D eigenvalue weighted by molar-refractivity contribution is 5.83. The number of aliphatic carboxylic acids is 1. The first-order valence-corrected chi connectivity index (χ1v) is 8.43. The smallest absolute Gasteiger partial charge is 0.345 e. The molecule has 26 heavy (non-hydrogen) atoms. The van der Waals surface area contributed by atoms with Crippen LogP contribution in [0.5, 0.6) is 11.5 Å². The maximum Gasteiger partial charge on any atom is 0.345 e. The monoisotopic (exact) mass is 359 g/mol. The average molecular weight is 359 g/mol. The van der Waals surface area contributed by atoms with Gasteiger partial charge < -0.3 is 19.8 Å². The second kappa shape index (κ2) is 7.07. The molecule has 8 heteroatoms. The number of likely N-dealkylation sites (N-methyl/N-ethyl adjacent to an activating group) is 1. The van der Waals surface area contributed by atoms with Crippen LogP contribution in [-0.4, -0.2) is 57.1 Å². The molecule has 0 saturated heterocycles. The first-order chi connectivity index (χ1) is 12.4. The lowest BCUT2D eigenvalue weighted by molar-refractivity contribution is -0.137. The van der Waals surface area contributed by atoms with E-state index in [1.165, 1.54) is 22.8 Å². The number of carboxylic acids is 1. The van der Waals surface area contributed by atoms with Crippen molar-refractivity contribution < 1.29 is 24.5 Å². The number of phenolic OH excluding ortho intramolecular Hbond substituents is 1. The molecule has 138 valence electrons. The quantitative estimate of drug-likeness (QED) is 0.821. The SMILES string of the molecule is CCN(CC(=O)O)C(=O)n1nc(-c2ccc(OC)cc2O)cc1C1CC1. The summed E-state index contributed by atoms with van der Waals surface area (Å²) in [5, 5.41) is 23.6. The summed E-state index contributed by atoms with van der Waals surface area (Å²) in [6, 6.07) is 6.17. The molecule has 2 N–H and O–H groups in total. The topological polar surface area (TPSA) is 105 Å². The molecule has 0 bridgehead atoms. The van der Waals surface area contributed by atoms with Crippen LogP contribution in [0.4, 0.5) is 4.79 Å². The van der Waals surface area contributed by atoms with Crippen LogP contribution in [0.1, 0.15) is 31.4 Å². The minimum atomic E-state index is -1.08. The van der Waals surface area contributed by atoms with Gasteiger partial charge in [0.05, 0.1) is 18.5 Å². The molecule has 8 nitrogen and oxygen atoms in total. The van der Waals surface area contributed by atoms with Crippen molar-refractivity contribution in [2.75, 3.05) is 20.2 Å². The molecule has 1 aliphatic carbocycles. The highest BCUT2D eigenvalue weighted by Crippen LogP contribution is 2.42. The molecule has 3 rings (SSSR count). The van der Waals surface area contributed by atoms with Crippen LogP contribution in [0.3, 0.4) is 0 Å². The summed E-state index contributed by atoms with van der Waals surface area (Å²) >= 11 is 0. The zero-order valence-electron chi connectivity index (χ0n) is 14.7. The van der Waals surface area contributed by atoms with Crippen LogP contribution in [0.2, 0.25) is 0 Å². The summed E-state index contributed by atoms with van der Waals surface area (Å²) in [7, 11) is 1.51. The molecule has 0 aliphatic heterocycles. The fourth-order valence-electron chi connectivity index (χ4n) is 2.82. The Bertz CT molecular complexity index is 841. The van der Waals surface area contributed by atoms with Gasteiger partial charge in [-0.25, -0.2) is 4.79 Å². The van der Waals surface area contributed by atoms with Gasteiger partial charge in [0.25, 0.3) is 0 Å². The fourth-order valence-corrected chi connectivity index (χ4v) is 2.82. The molecule has 2 aromatic rings. The molecule has 0 spiro atoms. The van der Waals surface area contributed by atoms with Crippen molar-refractivity contribution in [3.63, 3.8) is 0 Å². The molecular formula is C18H21N3O5. The fraction of sp³-hybridized carbons (Fsp3) is 0.389. The van der Waals surface area contributed by atoms with E-state index in [9.17, 15) is 14.7 Å². The predicted molar refractivity (Wildman–Crippen MR) is 93.5 cm³/mol. The van der Waals surface area contributed by atoms with E-state index in [1.807, 2.05) is 0 Å². The Morgan fingerprint density at radius 2 is 2.08 bits per heavy atom. The van der Waals surface area contributed by atoms with Crippen LogP contribution in [0.15, 0.2) is 24.3 Å². The van der Waals surface area contributed by atoms with E-state index in [1.54, 1.807) is 25.1 Å². The zero-order valence-corrected chi connectivity index (χ0v) is 14.7. The highest BCUT2D eigenvalue weighted by Gasteiger charge is 2.32. The molecule has 1 aromatic carbocycles. The van der Waals surface area contributed by atoms with E-state index >= 15 is 0 Å². The molecule has 0 radical (unpaired) electrons. The third-order valence-corrected chi connectivity index (χ3v) is 4.37. The number of hydrogen-bond acceptors (Lipinski definition) is 5. The first-order valence-electron chi connectivity index (χ1n) is 8.43. The zero-order chi connectivity index (χ0) is 18.8. The van der Waals surface area contributed by atoms with Crippen LogP contribution in [0, 0.1) is 0 Å².